The highest BCUT2D eigenvalue weighted by atomic mass is 16.6. The van der Waals surface area contributed by atoms with Crippen molar-refractivity contribution in [3.05, 3.63) is 71.8 Å². The van der Waals surface area contributed by atoms with Gasteiger partial charge in [0.25, 0.3) is 0 Å². The highest BCUT2D eigenvalue weighted by Crippen LogP contribution is 2.20. The summed E-state index contributed by atoms with van der Waals surface area (Å²) in [7, 11) is 0. The van der Waals surface area contributed by atoms with Gasteiger partial charge >= 0.3 is 5.97 Å². The average Bonchev–Trinajstić information content (AvgIpc) is 2.58. The second-order valence-corrected chi connectivity index (χ2v) is 5.11. The van der Waals surface area contributed by atoms with Crippen molar-refractivity contribution < 1.29 is 14.3 Å². The molecule has 1 atom stereocenters. The Hall–Kier alpha value is -2.13. The van der Waals surface area contributed by atoms with Crippen LogP contribution in [0, 0.1) is 0 Å². The van der Waals surface area contributed by atoms with Gasteiger partial charge in [-0.2, -0.15) is 0 Å². The van der Waals surface area contributed by atoms with Gasteiger partial charge in [-0.25, -0.2) is 4.79 Å². The van der Waals surface area contributed by atoms with E-state index in [1.165, 1.54) is 0 Å². The smallest absolute Gasteiger partial charge is 0.340 e. The normalized spacial score (nSPS) is 11.9. The van der Waals surface area contributed by atoms with Crippen LogP contribution < -0.4 is 0 Å². The van der Waals surface area contributed by atoms with Gasteiger partial charge in [-0.1, -0.05) is 74.0 Å². The molecular weight excluding hydrogens is 276 g/mol. The van der Waals surface area contributed by atoms with E-state index >= 15 is 0 Å². The minimum atomic E-state index is -0.656. The zero-order chi connectivity index (χ0) is 15.6. The van der Waals surface area contributed by atoms with Crippen molar-refractivity contribution in [2.75, 3.05) is 6.61 Å². The average molecular weight is 298 g/mol. The monoisotopic (exact) mass is 298 g/mol. The zero-order valence-corrected chi connectivity index (χ0v) is 12.9. The summed E-state index contributed by atoms with van der Waals surface area (Å²) in [5.74, 6) is -0.342. The lowest BCUT2D eigenvalue weighted by Crippen LogP contribution is -2.19. The first-order valence-electron chi connectivity index (χ1n) is 7.68. The molecule has 3 nitrogen and oxygen atoms in total. The standard InChI is InChI=1S/C19H22O3/c1-2-3-14-21-18(17-12-8-5-9-13-17)19(20)22-15-16-10-6-4-7-11-16/h4-13,18H,2-3,14-15H2,1H3. The number of carbonyl (C=O) groups excluding carboxylic acids is 1. The molecular formula is C19H22O3. The van der Waals surface area contributed by atoms with Crippen molar-refractivity contribution in [1.29, 1.82) is 0 Å². The molecule has 3 heteroatoms. The van der Waals surface area contributed by atoms with Crippen LogP contribution in [0.2, 0.25) is 0 Å². The van der Waals surface area contributed by atoms with Crippen molar-refractivity contribution >= 4 is 5.97 Å². The number of hydrogen-bond acceptors (Lipinski definition) is 3. The predicted octanol–water partition coefficient (Wildman–Crippen LogP) is 4.29. The van der Waals surface area contributed by atoms with E-state index in [9.17, 15) is 4.79 Å². The van der Waals surface area contributed by atoms with Crippen molar-refractivity contribution in [1.82, 2.24) is 0 Å². The summed E-state index contributed by atoms with van der Waals surface area (Å²) >= 11 is 0. The lowest BCUT2D eigenvalue weighted by molar-refractivity contribution is -0.159. The van der Waals surface area contributed by atoms with E-state index in [-0.39, 0.29) is 12.6 Å². The van der Waals surface area contributed by atoms with Gasteiger partial charge in [-0.05, 0) is 17.5 Å². The van der Waals surface area contributed by atoms with Crippen LogP contribution in [-0.2, 0) is 20.9 Å². The van der Waals surface area contributed by atoms with Gasteiger partial charge in [0.2, 0.25) is 0 Å². The molecule has 0 saturated carbocycles. The van der Waals surface area contributed by atoms with Gasteiger partial charge in [0.05, 0.1) is 0 Å². The maximum Gasteiger partial charge on any atom is 0.340 e. The number of esters is 1. The lowest BCUT2D eigenvalue weighted by Gasteiger charge is -2.17. The Labute approximate surface area is 131 Å². The summed E-state index contributed by atoms with van der Waals surface area (Å²) in [6, 6.07) is 19.2. The SMILES string of the molecule is CCCCOC(C(=O)OCc1ccccc1)c1ccccc1. The molecule has 0 heterocycles. The first-order valence-corrected chi connectivity index (χ1v) is 7.68. The molecule has 0 bridgehead atoms. The van der Waals surface area contributed by atoms with Crippen LogP contribution in [0.4, 0.5) is 0 Å². The maximum absolute atomic E-state index is 12.4. The molecule has 22 heavy (non-hydrogen) atoms. The number of ether oxygens (including phenoxy) is 2. The van der Waals surface area contributed by atoms with E-state index in [0.717, 1.165) is 24.0 Å². The summed E-state index contributed by atoms with van der Waals surface area (Å²) < 4.78 is 11.2. The largest absolute Gasteiger partial charge is 0.459 e. The third-order valence-corrected chi connectivity index (χ3v) is 3.32. The highest BCUT2D eigenvalue weighted by Gasteiger charge is 2.22. The van der Waals surface area contributed by atoms with E-state index in [2.05, 4.69) is 6.92 Å². The zero-order valence-electron chi connectivity index (χ0n) is 12.9. The Morgan fingerprint density at radius 2 is 1.64 bits per heavy atom. The summed E-state index contributed by atoms with van der Waals surface area (Å²) in [5, 5.41) is 0. The Balaban J connectivity index is 1.99. The lowest BCUT2D eigenvalue weighted by atomic mass is 10.1. The van der Waals surface area contributed by atoms with Crippen molar-refractivity contribution in [2.24, 2.45) is 0 Å². The van der Waals surface area contributed by atoms with Crippen molar-refractivity contribution in [2.45, 2.75) is 32.5 Å². The minimum Gasteiger partial charge on any atom is -0.459 e. The van der Waals surface area contributed by atoms with Crippen molar-refractivity contribution in [3.63, 3.8) is 0 Å². The molecule has 0 aliphatic carbocycles. The fourth-order valence-electron chi connectivity index (χ4n) is 2.08. The number of benzene rings is 2. The van der Waals surface area contributed by atoms with Crippen LogP contribution in [0.1, 0.15) is 37.0 Å². The van der Waals surface area contributed by atoms with E-state index in [4.69, 9.17) is 9.47 Å². The van der Waals surface area contributed by atoms with Gasteiger partial charge in [0, 0.05) is 6.61 Å². The number of rotatable bonds is 8. The molecule has 0 aromatic heterocycles. The van der Waals surface area contributed by atoms with Crippen molar-refractivity contribution in [3.8, 4) is 0 Å². The van der Waals surface area contributed by atoms with E-state index < -0.39 is 6.10 Å². The van der Waals surface area contributed by atoms with Crippen LogP contribution >= 0.6 is 0 Å². The molecule has 0 spiro atoms. The molecule has 1 unspecified atom stereocenters. The number of carbonyl (C=O) groups is 1. The van der Waals surface area contributed by atoms with Gasteiger partial charge in [0.15, 0.2) is 6.10 Å². The van der Waals surface area contributed by atoms with Gasteiger partial charge in [-0.3, -0.25) is 0 Å². The molecule has 0 N–H and O–H groups in total. The third kappa shape index (κ3) is 5.01. The van der Waals surface area contributed by atoms with Crippen LogP contribution in [0.3, 0.4) is 0 Å². The maximum atomic E-state index is 12.4. The summed E-state index contributed by atoms with van der Waals surface area (Å²) in [6.07, 6.45) is 1.30. The minimum absolute atomic E-state index is 0.264. The number of unbranched alkanes of at least 4 members (excludes halogenated alkanes) is 1. The molecule has 0 aliphatic heterocycles. The van der Waals surface area contributed by atoms with Gasteiger partial charge < -0.3 is 9.47 Å². The van der Waals surface area contributed by atoms with E-state index in [1.54, 1.807) is 0 Å². The molecule has 0 fully saturated rings. The molecule has 0 radical (unpaired) electrons. The molecule has 2 rings (SSSR count). The quantitative estimate of drug-likeness (QED) is 0.539. The Kier molecular flexibility index (Phi) is 6.65. The summed E-state index contributed by atoms with van der Waals surface area (Å²) in [6.45, 7) is 2.91. The molecule has 0 amide bonds. The first-order chi connectivity index (χ1) is 10.8. The summed E-state index contributed by atoms with van der Waals surface area (Å²) in [4.78, 5) is 12.4. The fourth-order valence-corrected chi connectivity index (χ4v) is 2.08. The van der Waals surface area contributed by atoms with Gasteiger partial charge in [-0.15, -0.1) is 0 Å². The second kappa shape index (κ2) is 9.00. The Bertz CT molecular complexity index is 551. The van der Waals surface area contributed by atoms with Gasteiger partial charge in [0.1, 0.15) is 6.61 Å². The van der Waals surface area contributed by atoms with Crippen LogP contribution in [0.15, 0.2) is 60.7 Å². The van der Waals surface area contributed by atoms with Crippen LogP contribution in [0.5, 0.6) is 0 Å². The highest BCUT2D eigenvalue weighted by molar-refractivity contribution is 5.76. The Morgan fingerprint density at radius 1 is 1.00 bits per heavy atom. The predicted molar refractivity (Wildman–Crippen MR) is 86.3 cm³/mol. The molecule has 2 aromatic carbocycles. The third-order valence-electron chi connectivity index (χ3n) is 3.32. The molecule has 2 aromatic rings. The Morgan fingerprint density at radius 3 is 2.27 bits per heavy atom. The van der Waals surface area contributed by atoms with E-state index in [0.29, 0.717) is 6.61 Å². The summed E-state index contributed by atoms with van der Waals surface area (Å²) in [5.41, 5.74) is 1.80. The van der Waals surface area contributed by atoms with Crippen LogP contribution in [0.25, 0.3) is 0 Å². The molecule has 116 valence electrons. The van der Waals surface area contributed by atoms with Crippen LogP contribution in [-0.4, -0.2) is 12.6 Å². The fraction of sp³-hybridized carbons (Fsp3) is 0.316. The topological polar surface area (TPSA) is 35.5 Å². The molecule has 0 aliphatic rings. The first kappa shape index (κ1) is 16.2. The van der Waals surface area contributed by atoms with E-state index in [1.807, 2.05) is 60.7 Å². The second-order valence-electron chi connectivity index (χ2n) is 5.11. The number of hydrogen-bond donors (Lipinski definition) is 0. The molecule has 0 saturated heterocycles.